The van der Waals surface area contributed by atoms with Gasteiger partial charge in [0.05, 0.1) is 0 Å². The molecule has 0 saturated carbocycles. The maximum absolute atomic E-state index is 0. The molecule has 0 bridgehead atoms. The summed E-state index contributed by atoms with van der Waals surface area (Å²) in [7, 11) is 0. The van der Waals surface area contributed by atoms with Crippen molar-refractivity contribution in [2.24, 2.45) is 0 Å². The molecule has 0 aliphatic rings. The molecule has 0 amide bonds. The molecular formula is H48ClN14O3Ru3+9. The second-order valence-corrected chi connectivity index (χ2v) is 0. The molecule has 0 aromatic heterocycles. The van der Waals surface area contributed by atoms with Gasteiger partial charge >= 0.3 is 39.0 Å². The SMILES string of the molecule is N.N.N.N.N.N.N.N.N.N.N.N.N.N.O.O.O.[Cl-].[Ru+5].[Ru+5].[Ru]. The maximum atomic E-state index is 0. The molecule has 0 rings (SSSR count). The minimum Gasteiger partial charge on any atom is -1.00 e. The van der Waals surface area contributed by atoms with Crippen molar-refractivity contribution in [3.63, 3.8) is 0 Å². The van der Waals surface area contributed by atoms with Crippen molar-refractivity contribution in [1.29, 1.82) is 0 Å². The molecule has 2 radical (unpaired) electrons. The molecule has 158 valence electrons. The van der Waals surface area contributed by atoms with Gasteiger partial charge in [-0.05, 0) is 0 Å². The third-order valence-electron chi connectivity index (χ3n) is 0. The molecule has 0 saturated heterocycles. The Balaban J connectivity index is 0. The number of rotatable bonds is 0. The van der Waals surface area contributed by atoms with E-state index in [0.717, 1.165) is 0 Å². The minimum absolute atomic E-state index is 0. The van der Waals surface area contributed by atoms with Crippen LogP contribution in [0.15, 0.2) is 0 Å². The minimum atomic E-state index is 0. The van der Waals surface area contributed by atoms with E-state index in [9.17, 15) is 0 Å². The van der Waals surface area contributed by atoms with Crippen LogP contribution in [0.25, 0.3) is 0 Å². The Bertz CT molecular complexity index is 29.4. The van der Waals surface area contributed by atoms with Gasteiger partial charge in [-0.2, -0.15) is 0 Å². The first-order valence-corrected chi connectivity index (χ1v) is 0. The standard InChI is InChI=1S/ClH.14H3N.3H2O.3Ru/h1H;14*1H3;3*1H2;;;/q;;;;;;;;;;;;;;;;;;;2*+5/p-1. The third kappa shape index (κ3) is 3720. The van der Waals surface area contributed by atoms with E-state index in [4.69, 9.17) is 0 Å². The van der Waals surface area contributed by atoms with Gasteiger partial charge in [0.15, 0.2) is 0 Å². The second kappa shape index (κ2) is 4110. The fourth-order valence-electron chi connectivity index (χ4n) is 0. The summed E-state index contributed by atoms with van der Waals surface area (Å²) in [5, 5.41) is 0. The van der Waals surface area contributed by atoms with Gasteiger partial charge in [-0.3, -0.25) is 0 Å². The summed E-state index contributed by atoms with van der Waals surface area (Å²) in [6.45, 7) is 0. The molecule has 0 fully saturated rings. The predicted molar refractivity (Wildman–Crippen MR) is 81.2 cm³/mol. The molecule has 0 aliphatic heterocycles. The zero-order chi connectivity index (χ0) is 0. The Morgan fingerprint density at radius 2 is 0.238 bits per heavy atom. The molecule has 0 aliphatic carbocycles. The van der Waals surface area contributed by atoms with E-state index < -0.39 is 0 Å². The number of hydrogen-bond donors (Lipinski definition) is 14. The molecule has 0 aromatic rings. The van der Waals surface area contributed by atoms with Crippen LogP contribution in [0.5, 0.6) is 0 Å². The van der Waals surface area contributed by atoms with Gasteiger partial charge in [0, 0.05) is 19.5 Å². The van der Waals surface area contributed by atoms with Crippen molar-refractivity contribution < 1.29 is 87.3 Å². The summed E-state index contributed by atoms with van der Waals surface area (Å²) >= 11 is 0. The third-order valence-corrected chi connectivity index (χ3v) is 0. The molecule has 0 heterocycles. The van der Waals surface area contributed by atoms with Gasteiger partial charge in [-0.25, -0.2) is 0 Å². The van der Waals surface area contributed by atoms with Crippen LogP contribution >= 0.6 is 0 Å². The first kappa shape index (κ1) is 4730. The Labute approximate surface area is 173 Å². The summed E-state index contributed by atoms with van der Waals surface area (Å²) in [5.41, 5.74) is 0. The van der Waals surface area contributed by atoms with E-state index in [2.05, 4.69) is 0 Å². The smallest absolute Gasteiger partial charge is 1.00 e. The monoisotopic (exact) mass is 633 g/mol. The van der Waals surface area contributed by atoms with E-state index in [1.54, 1.807) is 0 Å². The van der Waals surface area contributed by atoms with Crippen molar-refractivity contribution in [1.82, 2.24) is 86.1 Å². The fraction of sp³-hybridized carbons (Fsp3) is 0. The van der Waals surface area contributed by atoms with E-state index in [1.165, 1.54) is 0 Å². The van der Waals surface area contributed by atoms with Crippen molar-refractivity contribution in [2.75, 3.05) is 0 Å². The van der Waals surface area contributed by atoms with Gasteiger partial charge < -0.3 is 115 Å². The van der Waals surface area contributed by atoms with Crippen LogP contribution in [0.3, 0.4) is 0 Å². The van der Waals surface area contributed by atoms with E-state index >= 15 is 0 Å². The quantitative estimate of drug-likeness (QED) is 0.117. The van der Waals surface area contributed by atoms with Crippen LogP contribution in [0.2, 0.25) is 0 Å². The Morgan fingerprint density at radius 1 is 0.238 bits per heavy atom. The molecule has 21 heteroatoms. The van der Waals surface area contributed by atoms with Crippen LogP contribution in [-0.2, 0) is 58.4 Å². The van der Waals surface area contributed by atoms with Crippen molar-refractivity contribution >= 4 is 0 Å². The van der Waals surface area contributed by atoms with Crippen LogP contribution in [0.1, 0.15) is 0 Å². The molecule has 0 atom stereocenters. The molecule has 21 heavy (non-hydrogen) atoms. The number of halogens is 1. The first-order valence-electron chi connectivity index (χ1n) is 0. The van der Waals surface area contributed by atoms with Crippen LogP contribution < -0.4 is 98.5 Å². The molecule has 0 unspecified atom stereocenters. The fourth-order valence-corrected chi connectivity index (χ4v) is 0. The van der Waals surface area contributed by atoms with Crippen molar-refractivity contribution in [3.05, 3.63) is 0 Å². The van der Waals surface area contributed by atoms with Gasteiger partial charge in [0.1, 0.15) is 0 Å². The van der Waals surface area contributed by atoms with Gasteiger partial charge in [-0.15, -0.1) is 0 Å². The first-order chi connectivity index (χ1) is 0. The summed E-state index contributed by atoms with van der Waals surface area (Å²) in [4.78, 5) is 0. The van der Waals surface area contributed by atoms with E-state index in [1.807, 2.05) is 0 Å². The van der Waals surface area contributed by atoms with Gasteiger partial charge in [-0.1, -0.05) is 0 Å². The van der Waals surface area contributed by atoms with Crippen LogP contribution in [0, 0.1) is 0 Å². The molecule has 48 N–H and O–H groups in total. The van der Waals surface area contributed by atoms with Crippen molar-refractivity contribution in [2.45, 2.75) is 0 Å². The zero-order valence-electron chi connectivity index (χ0n) is 12.8. The molecule has 17 nitrogen and oxygen atoms in total. The van der Waals surface area contributed by atoms with Gasteiger partial charge in [0.25, 0.3) is 0 Å². The largest absolute Gasteiger partial charge is 5.00 e. The summed E-state index contributed by atoms with van der Waals surface area (Å²) in [6.07, 6.45) is 0. The predicted octanol–water partition coefficient (Wildman–Crippen LogP) is -3.21. The molecule has 0 spiro atoms. The van der Waals surface area contributed by atoms with Crippen molar-refractivity contribution in [3.8, 4) is 0 Å². The van der Waals surface area contributed by atoms with E-state index in [0.29, 0.717) is 0 Å². The summed E-state index contributed by atoms with van der Waals surface area (Å²) in [5.74, 6) is 0. The van der Waals surface area contributed by atoms with Gasteiger partial charge in [0.2, 0.25) is 0 Å². The Morgan fingerprint density at radius 3 is 0.238 bits per heavy atom. The van der Waals surface area contributed by atoms with Crippen LogP contribution in [-0.4, -0.2) is 16.4 Å². The second-order valence-electron chi connectivity index (χ2n) is 0. The molecule has 0 aromatic carbocycles. The van der Waals surface area contributed by atoms with E-state index in [-0.39, 0.29) is 173 Å². The zero-order valence-corrected chi connectivity index (χ0v) is 18.8. The summed E-state index contributed by atoms with van der Waals surface area (Å²) < 4.78 is 0. The van der Waals surface area contributed by atoms with Crippen LogP contribution in [0.4, 0.5) is 0 Å². The average Bonchev–Trinajstić information content (AvgIpc) is 0. The normalized spacial score (nSPS) is 0. The topological polar surface area (TPSA) is 584 Å². The average molecular weight is 631 g/mol. The Hall–Kier alpha value is 1.48. The Kier molecular flexibility index (Phi) is 927000. The number of hydrogen-bond acceptors (Lipinski definition) is 14. The summed E-state index contributed by atoms with van der Waals surface area (Å²) in [6, 6.07) is 0. The molecular weight excluding hydrogens is 583 g/mol. The maximum Gasteiger partial charge on any atom is 5.00 e.